The van der Waals surface area contributed by atoms with Crippen LogP contribution in [0.5, 0.6) is 0 Å². The predicted octanol–water partition coefficient (Wildman–Crippen LogP) is 2.75. The fourth-order valence-electron chi connectivity index (χ4n) is 3.41. The van der Waals surface area contributed by atoms with Crippen molar-refractivity contribution in [2.75, 3.05) is 33.7 Å². The number of likely N-dealkylation sites (tertiary alicyclic amines) is 1. The lowest BCUT2D eigenvalue weighted by Crippen LogP contribution is -2.46. The highest BCUT2D eigenvalue weighted by Crippen LogP contribution is 2.22. The van der Waals surface area contributed by atoms with Crippen molar-refractivity contribution >= 4 is 0 Å². The molecule has 1 fully saturated rings. The van der Waals surface area contributed by atoms with E-state index >= 15 is 0 Å². The summed E-state index contributed by atoms with van der Waals surface area (Å²) in [5.41, 5.74) is 1.39. The van der Waals surface area contributed by atoms with Crippen molar-refractivity contribution < 1.29 is 0 Å². The lowest BCUT2D eigenvalue weighted by molar-refractivity contribution is 0.158. The summed E-state index contributed by atoms with van der Waals surface area (Å²) in [4.78, 5) is 5.03. The third-order valence-electron chi connectivity index (χ3n) is 4.93. The topological polar surface area (TPSA) is 18.5 Å². The molecule has 0 saturated carbocycles. The minimum atomic E-state index is 0.396. The van der Waals surface area contributed by atoms with Gasteiger partial charge in [0.1, 0.15) is 0 Å². The number of nitrogens with one attached hydrogen (secondary N) is 1. The molecule has 1 heterocycles. The molecule has 3 nitrogen and oxygen atoms in total. The van der Waals surface area contributed by atoms with E-state index in [1.54, 1.807) is 0 Å². The zero-order valence-corrected chi connectivity index (χ0v) is 14.0. The molecule has 1 aromatic carbocycles. The van der Waals surface area contributed by atoms with E-state index < -0.39 is 0 Å². The van der Waals surface area contributed by atoms with Crippen LogP contribution in [0.1, 0.15) is 38.3 Å². The van der Waals surface area contributed by atoms with Crippen LogP contribution in [-0.2, 0) is 0 Å². The average Bonchev–Trinajstić information content (AvgIpc) is 2.90. The maximum absolute atomic E-state index is 3.66. The summed E-state index contributed by atoms with van der Waals surface area (Å²) in [5.74, 6) is 0. The van der Waals surface area contributed by atoms with Crippen molar-refractivity contribution in [3.8, 4) is 0 Å². The highest BCUT2D eigenvalue weighted by molar-refractivity contribution is 5.20. The molecule has 21 heavy (non-hydrogen) atoms. The Labute approximate surface area is 130 Å². The number of rotatable bonds is 7. The van der Waals surface area contributed by atoms with E-state index in [2.05, 4.69) is 73.4 Å². The molecule has 3 unspecified atom stereocenters. The van der Waals surface area contributed by atoms with Crippen LogP contribution in [0, 0.1) is 0 Å². The summed E-state index contributed by atoms with van der Waals surface area (Å²) in [6, 6.07) is 12.4. The van der Waals surface area contributed by atoms with Crippen LogP contribution in [-0.4, -0.2) is 55.6 Å². The van der Waals surface area contributed by atoms with Crippen molar-refractivity contribution in [2.24, 2.45) is 0 Å². The summed E-state index contributed by atoms with van der Waals surface area (Å²) in [7, 11) is 4.53. The van der Waals surface area contributed by atoms with Gasteiger partial charge in [0.05, 0.1) is 0 Å². The Morgan fingerprint density at radius 1 is 1.33 bits per heavy atom. The van der Waals surface area contributed by atoms with Gasteiger partial charge in [-0.15, -0.1) is 0 Å². The van der Waals surface area contributed by atoms with Crippen molar-refractivity contribution in [3.63, 3.8) is 0 Å². The molecule has 1 aromatic rings. The van der Waals surface area contributed by atoms with Crippen LogP contribution in [0.4, 0.5) is 0 Å². The molecule has 0 radical (unpaired) electrons. The Balaban J connectivity index is 2.01. The first kappa shape index (κ1) is 16.5. The fraction of sp³-hybridized carbons (Fsp3) is 0.667. The molecule has 1 aliphatic heterocycles. The Bertz CT molecular complexity index is 406. The van der Waals surface area contributed by atoms with Crippen molar-refractivity contribution in [3.05, 3.63) is 35.9 Å². The van der Waals surface area contributed by atoms with Crippen LogP contribution in [0.25, 0.3) is 0 Å². The number of nitrogens with zero attached hydrogens (tertiary/aromatic N) is 2. The van der Waals surface area contributed by atoms with Gasteiger partial charge in [0.15, 0.2) is 0 Å². The monoisotopic (exact) mass is 289 g/mol. The molecule has 0 spiro atoms. The standard InChI is InChI=1S/C18H31N3/c1-5-19-18(16-10-7-6-8-11-16)15(2)21(4)14-17-12-9-13-20(17)3/h6-8,10-11,15,17-19H,5,9,12-14H2,1-4H3. The van der Waals surface area contributed by atoms with Gasteiger partial charge in [0.25, 0.3) is 0 Å². The van der Waals surface area contributed by atoms with Crippen molar-refractivity contribution in [2.45, 2.75) is 44.8 Å². The van der Waals surface area contributed by atoms with Gasteiger partial charge in [0, 0.05) is 24.7 Å². The van der Waals surface area contributed by atoms with E-state index in [1.165, 1.54) is 24.9 Å². The van der Waals surface area contributed by atoms with Crippen molar-refractivity contribution in [1.82, 2.24) is 15.1 Å². The SMILES string of the molecule is CCNC(c1ccccc1)C(C)N(C)CC1CCCN1C. The normalized spacial score (nSPS) is 22.6. The Hall–Kier alpha value is -0.900. The van der Waals surface area contributed by atoms with Gasteiger partial charge in [-0.3, -0.25) is 0 Å². The molecule has 1 N–H and O–H groups in total. The molecule has 2 rings (SSSR count). The smallest absolute Gasteiger partial charge is 0.0475 e. The second kappa shape index (κ2) is 7.92. The molecule has 3 atom stereocenters. The molecule has 0 aliphatic carbocycles. The van der Waals surface area contributed by atoms with Crippen LogP contribution in [0.15, 0.2) is 30.3 Å². The third kappa shape index (κ3) is 4.29. The second-order valence-electron chi connectivity index (χ2n) is 6.40. The van der Waals surface area contributed by atoms with Gasteiger partial charge in [-0.25, -0.2) is 0 Å². The molecule has 3 heteroatoms. The van der Waals surface area contributed by atoms with E-state index in [0.717, 1.165) is 19.1 Å². The first-order valence-electron chi connectivity index (χ1n) is 8.32. The number of benzene rings is 1. The Morgan fingerprint density at radius 2 is 2.05 bits per heavy atom. The maximum Gasteiger partial charge on any atom is 0.0475 e. The fourth-order valence-corrected chi connectivity index (χ4v) is 3.41. The average molecular weight is 289 g/mol. The minimum absolute atomic E-state index is 0.396. The van der Waals surface area contributed by atoms with Gasteiger partial charge in [-0.2, -0.15) is 0 Å². The zero-order chi connectivity index (χ0) is 15.2. The maximum atomic E-state index is 3.66. The van der Waals surface area contributed by atoms with E-state index in [4.69, 9.17) is 0 Å². The highest BCUT2D eigenvalue weighted by Gasteiger charge is 2.27. The summed E-state index contributed by atoms with van der Waals surface area (Å²) in [6.07, 6.45) is 2.68. The second-order valence-corrected chi connectivity index (χ2v) is 6.40. The summed E-state index contributed by atoms with van der Waals surface area (Å²) in [6.45, 7) is 7.94. The molecule has 0 amide bonds. The Morgan fingerprint density at radius 3 is 2.62 bits per heavy atom. The first-order valence-corrected chi connectivity index (χ1v) is 8.32. The van der Waals surface area contributed by atoms with E-state index in [0.29, 0.717) is 12.1 Å². The number of likely N-dealkylation sites (N-methyl/N-ethyl adjacent to an activating group) is 3. The van der Waals surface area contributed by atoms with Crippen LogP contribution in [0.2, 0.25) is 0 Å². The van der Waals surface area contributed by atoms with Crippen LogP contribution in [0.3, 0.4) is 0 Å². The lowest BCUT2D eigenvalue weighted by Gasteiger charge is -2.35. The van der Waals surface area contributed by atoms with Gasteiger partial charge < -0.3 is 15.1 Å². The minimum Gasteiger partial charge on any atom is -0.309 e. The quantitative estimate of drug-likeness (QED) is 0.832. The van der Waals surface area contributed by atoms with Crippen molar-refractivity contribution in [1.29, 1.82) is 0 Å². The number of hydrogen-bond acceptors (Lipinski definition) is 3. The van der Waals surface area contributed by atoms with Gasteiger partial charge in [0.2, 0.25) is 0 Å². The summed E-state index contributed by atoms with van der Waals surface area (Å²) in [5, 5.41) is 3.66. The first-order chi connectivity index (χ1) is 10.1. The molecular weight excluding hydrogens is 258 g/mol. The van der Waals surface area contributed by atoms with Crippen LogP contribution >= 0.6 is 0 Å². The van der Waals surface area contributed by atoms with Gasteiger partial charge in [-0.1, -0.05) is 37.3 Å². The molecule has 0 aromatic heterocycles. The van der Waals surface area contributed by atoms with Crippen LogP contribution < -0.4 is 5.32 Å². The predicted molar refractivity (Wildman–Crippen MR) is 90.6 cm³/mol. The van der Waals surface area contributed by atoms with E-state index in [1.807, 2.05) is 0 Å². The number of hydrogen-bond donors (Lipinski definition) is 1. The van der Waals surface area contributed by atoms with E-state index in [-0.39, 0.29) is 0 Å². The molecule has 0 bridgehead atoms. The van der Waals surface area contributed by atoms with E-state index in [9.17, 15) is 0 Å². The third-order valence-corrected chi connectivity index (χ3v) is 4.93. The largest absolute Gasteiger partial charge is 0.309 e. The molecule has 118 valence electrons. The van der Waals surface area contributed by atoms with Gasteiger partial charge in [-0.05, 0) is 52.5 Å². The summed E-state index contributed by atoms with van der Waals surface area (Å²) < 4.78 is 0. The summed E-state index contributed by atoms with van der Waals surface area (Å²) >= 11 is 0. The zero-order valence-electron chi connectivity index (χ0n) is 14.0. The lowest BCUT2D eigenvalue weighted by atomic mass is 9.99. The van der Waals surface area contributed by atoms with Gasteiger partial charge >= 0.3 is 0 Å². The molecular formula is C18H31N3. The molecule has 1 saturated heterocycles. The highest BCUT2D eigenvalue weighted by atomic mass is 15.2. The Kier molecular flexibility index (Phi) is 6.22. The molecule has 1 aliphatic rings.